The van der Waals surface area contributed by atoms with Gasteiger partial charge in [-0.15, -0.1) is 0 Å². The minimum atomic E-state index is -0.946. The first-order valence-corrected chi connectivity index (χ1v) is 9.38. The summed E-state index contributed by atoms with van der Waals surface area (Å²) in [7, 11) is 1.64. The molecule has 0 atom stereocenters. The highest BCUT2D eigenvalue weighted by atomic mass is 16.5. The predicted molar refractivity (Wildman–Crippen MR) is 110 cm³/mol. The van der Waals surface area contributed by atoms with Gasteiger partial charge in [-0.3, -0.25) is 0 Å². The van der Waals surface area contributed by atoms with Gasteiger partial charge in [0.1, 0.15) is 11.6 Å². The van der Waals surface area contributed by atoms with Crippen LogP contribution in [0.1, 0.15) is 23.2 Å². The van der Waals surface area contributed by atoms with Crippen LogP contribution in [-0.2, 0) is 0 Å². The lowest BCUT2D eigenvalue weighted by Gasteiger charge is -2.32. The number of carboxylic acids is 1. The van der Waals surface area contributed by atoms with Crippen LogP contribution in [0.25, 0.3) is 21.9 Å². The number of nitrogens with zero attached hydrogens (tertiary/aromatic N) is 2. The highest BCUT2D eigenvalue weighted by molar-refractivity contribution is 6.03. The Balaban J connectivity index is 1.87. The van der Waals surface area contributed by atoms with Crippen molar-refractivity contribution in [3.8, 4) is 16.9 Å². The van der Waals surface area contributed by atoms with E-state index in [0.717, 1.165) is 59.4 Å². The average molecular weight is 377 g/mol. The molecule has 1 fully saturated rings. The van der Waals surface area contributed by atoms with Crippen LogP contribution in [0.15, 0.2) is 48.7 Å². The van der Waals surface area contributed by atoms with Gasteiger partial charge in [-0.05, 0) is 54.1 Å². The first kappa shape index (κ1) is 18.3. The molecule has 3 N–H and O–H groups in total. The van der Waals surface area contributed by atoms with E-state index in [4.69, 9.17) is 15.5 Å². The molecule has 0 unspecified atom stereocenters. The first-order valence-electron chi connectivity index (χ1n) is 9.38. The van der Waals surface area contributed by atoms with E-state index >= 15 is 0 Å². The second-order valence-corrected chi connectivity index (χ2v) is 7.12. The second kappa shape index (κ2) is 7.48. The van der Waals surface area contributed by atoms with E-state index in [0.29, 0.717) is 0 Å². The third-order valence-corrected chi connectivity index (χ3v) is 5.33. The van der Waals surface area contributed by atoms with Crippen molar-refractivity contribution in [3.63, 3.8) is 0 Å². The molecule has 0 radical (unpaired) electrons. The Hall–Kier alpha value is -3.12. The number of aromatic carboxylic acids is 1. The minimum absolute atomic E-state index is 0.251. The summed E-state index contributed by atoms with van der Waals surface area (Å²) in [4.78, 5) is 18.4. The van der Waals surface area contributed by atoms with Gasteiger partial charge in [0.2, 0.25) is 0 Å². The molecule has 2 heterocycles. The molecule has 144 valence electrons. The van der Waals surface area contributed by atoms with Gasteiger partial charge in [-0.2, -0.15) is 0 Å². The molecule has 0 bridgehead atoms. The van der Waals surface area contributed by atoms with E-state index in [-0.39, 0.29) is 11.6 Å². The fourth-order valence-corrected chi connectivity index (χ4v) is 3.75. The van der Waals surface area contributed by atoms with Crippen LogP contribution in [0.4, 0.5) is 5.82 Å². The molecule has 1 aliphatic rings. The standard InChI is InChI=1S/C22H23N3O3/c1-28-17-5-6-18-19(12-17)20(14-3-2-4-15(11-14)22(26)27)13-24-21(18)25-9-7-16(23)8-10-25/h2-6,11-13,16H,7-10,23H2,1H3,(H,26,27). The molecule has 0 aliphatic carbocycles. The van der Waals surface area contributed by atoms with Crippen molar-refractivity contribution in [1.82, 2.24) is 4.98 Å². The Morgan fingerprint density at radius 3 is 2.68 bits per heavy atom. The molecule has 1 aliphatic heterocycles. The Kier molecular flexibility index (Phi) is 4.88. The van der Waals surface area contributed by atoms with Crippen molar-refractivity contribution in [2.24, 2.45) is 5.73 Å². The summed E-state index contributed by atoms with van der Waals surface area (Å²) >= 11 is 0. The molecule has 1 saturated heterocycles. The van der Waals surface area contributed by atoms with Gasteiger partial charge in [-0.25, -0.2) is 9.78 Å². The fourth-order valence-electron chi connectivity index (χ4n) is 3.75. The number of ether oxygens (including phenoxy) is 1. The van der Waals surface area contributed by atoms with Crippen LogP contribution >= 0.6 is 0 Å². The lowest BCUT2D eigenvalue weighted by Crippen LogP contribution is -2.40. The third kappa shape index (κ3) is 3.39. The van der Waals surface area contributed by atoms with Crippen molar-refractivity contribution in [3.05, 3.63) is 54.2 Å². The summed E-state index contributed by atoms with van der Waals surface area (Å²) in [6, 6.07) is 13.1. The van der Waals surface area contributed by atoms with E-state index < -0.39 is 5.97 Å². The molecule has 1 aromatic heterocycles. The zero-order valence-electron chi connectivity index (χ0n) is 15.8. The lowest BCUT2D eigenvalue weighted by molar-refractivity contribution is 0.0697. The number of carbonyl (C=O) groups is 1. The minimum Gasteiger partial charge on any atom is -0.497 e. The largest absolute Gasteiger partial charge is 0.497 e. The number of nitrogens with two attached hydrogens (primary N) is 1. The molecule has 2 aromatic carbocycles. The van der Waals surface area contributed by atoms with Crippen LogP contribution in [-0.4, -0.2) is 42.3 Å². The van der Waals surface area contributed by atoms with Crippen LogP contribution in [0.5, 0.6) is 5.75 Å². The van der Waals surface area contributed by atoms with Gasteiger partial charge in [0.25, 0.3) is 0 Å². The Labute approximate surface area is 163 Å². The van der Waals surface area contributed by atoms with Gasteiger partial charge >= 0.3 is 5.97 Å². The molecular formula is C22H23N3O3. The number of rotatable bonds is 4. The van der Waals surface area contributed by atoms with Crippen molar-refractivity contribution in [2.45, 2.75) is 18.9 Å². The Morgan fingerprint density at radius 2 is 1.96 bits per heavy atom. The number of piperidine rings is 1. The summed E-state index contributed by atoms with van der Waals surface area (Å²) in [5, 5.41) is 11.3. The summed E-state index contributed by atoms with van der Waals surface area (Å²) in [6.07, 6.45) is 3.72. The molecule has 0 spiro atoms. The molecule has 4 rings (SSSR count). The Morgan fingerprint density at radius 1 is 1.18 bits per heavy atom. The number of aromatic nitrogens is 1. The highest BCUT2D eigenvalue weighted by Gasteiger charge is 2.20. The smallest absolute Gasteiger partial charge is 0.335 e. The molecule has 6 heteroatoms. The molecule has 0 saturated carbocycles. The number of anilines is 1. The highest BCUT2D eigenvalue weighted by Crippen LogP contribution is 2.36. The van der Waals surface area contributed by atoms with E-state index in [2.05, 4.69) is 4.90 Å². The molecule has 3 aromatic rings. The van der Waals surface area contributed by atoms with E-state index in [9.17, 15) is 9.90 Å². The van der Waals surface area contributed by atoms with E-state index in [1.54, 1.807) is 25.3 Å². The topological polar surface area (TPSA) is 88.7 Å². The number of benzene rings is 2. The zero-order valence-corrected chi connectivity index (χ0v) is 15.8. The quantitative estimate of drug-likeness (QED) is 0.723. The molecular weight excluding hydrogens is 354 g/mol. The van der Waals surface area contributed by atoms with Crippen LogP contribution in [0, 0.1) is 0 Å². The van der Waals surface area contributed by atoms with Crippen LogP contribution < -0.4 is 15.4 Å². The summed E-state index contributed by atoms with van der Waals surface area (Å²) in [6.45, 7) is 1.76. The monoisotopic (exact) mass is 377 g/mol. The maximum Gasteiger partial charge on any atom is 0.335 e. The van der Waals surface area contributed by atoms with Crippen LogP contribution in [0.2, 0.25) is 0 Å². The van der Waals surface area contributed by atoms with Crippen molar-refractivity contribution < 1.29 is 14.6 Å². The number of methoxy groups -OCH3 is 1. The van der Waals surface area contributed by atoms with E-state index in [1.807, 2.05) is 30.5 Å². The normalized spacial score (nSPS) is 15.0. The number of hydrogen-bond acceptors (Lipinski definition) is 5. The number of hydrogen-bond donors (Lipinski definition) is 2. The number of pyridine rings is 1. The van der Waals surface area contributed by atoms with Gasteiger partial charge in [0.15, 0.2) is 0 Å². The Bertz CT molecular complexity index is 1030. The lowest BCUT2D eigenvalue weighted by atomic mass is 9.98. The molecule has 6 nitrogen and oxygen atoms in total. The van der Waals surface area contributed by atoms with Gasteiger partial charge in [0.05, 0.1) is 12.7 Å². The van der Waals surface area contributed by atoms with E-state index in [1.165, 1.54) is 0 Å². The van der Waals surface area contributed by atoms with Crippen LogP contribution in [0.3, 0.4) is 0 Å². The second-order valence-electron chi connectivity index (χ2n) is 7.12. The third-order valence-electron chi connectivity index (χ3n) is 5.33. The van der Waals surface area contributed by atoms with Gasteiger partial charge in [-0.1, -0.05) is 12.1 Å². The predicted octanol–water partition coefficient (Wildman–Crippen LogP) is 3.54. The van der Waals surface area contributed by atoms with Gasteiger partial charge in [0, 0.05) is 36.3 Å². The zero-order chi connectivity index (χ0) is 19.7. The van der Waals surface area contributed by atoms with Crippen molar-refractivity contribution in [2.75, 3.05) is 25.1 Å². The van der Waals surface area contributed by atoms with Crippen molar-refractivity contribution in [1.29, 1.82) is 0 Å². The van der Waals surface area contributed by atoms with Gasteiger partial charge < -0.3 is 20.5 Å². The maximum atomic E-state index is 11.4. The first-order chi connectivity index (χ1) is 13.6. The average Bonchev–Trinajstić information content (AvgIpc) is 2.73. The molecule has 0 amide bonds. The SMILES string of the molecule is COc1ccc2c(N3CCC(N)CC3)ncc(-c3cccc(C(=O)O)c3)c2c1. The summed E-state index contributed by atoms with van der Waals surface area (Å²) in [5.74, 6) is 0.738. The maximum absolute atomic E-state index is 11.4. The molecule has 28 heavy (non-hydrogen) atoms. The summed E-state index contributed by atoms with van der Waals surface area (Å²) in [5.41, 5.74) is 8.01. The number of carboxylic acid groups (broad SMARTS) is 1. The van der Waals surface area contributed by atoms with Crippen molar-refractivity contribution >= 4 is 22.6 Å². The summed E-state index contributed by atoms with van der Waals surface area (Å²) < 4.78 is 5.43. The fraction of sp³-hybridized carbons (Fsp3) is 0.273. The number of fused-ring (bicyclic) bond motifs is 1.